The summed E-state index contributed by atoms with van der Waals surface area (Å²) in [6.07, 6.45) is 1.21. The average molecular weight is 158 g/mol. The fraction of sp³-hybridized carbons (Fsp3) is 1.00. The summed E-state index contributed by atoms with van der Waals surface area (Å²) in [6, 6.07) is 1.19. The smallest absolute Gasteiger partial charge is 0.0558 e. The molecule has 2 atom stereocenters. The Kier molecular flexibility index (Phi) is 3.30. The molecule has 0 bridgehead atoms. The lowest BCUT2D eigenvalue weighted by Gasteiger charge is -2.26. The van der Waals surface area contributed by atoms with Crippen LogP contribution in [0.3, 0.4) is 0 Å². The maximum absolute atomic E-state index is 8.72. The highest BCUT2D eigenvalue weighted by molar-refractivity contribution is 4.86. The van der Waals surface area contributed by atoms with Gasteiger partial charge in [0.05, 0.1) is 6.61 Å². The molecule has 0 aromatic carbocycles. The van der Waals surface area contributed by atoms with Crippen molar-refractivity contribution in [3.63, 3.8) is 0 Å². The van der Waals surface area contributed by atoms with Crippen molar-refractivity contribution in [2.24, 2.45) is 0 Å². The number of aliphatic hydroxyl groups is 1. The molecule has 0 aliphatic carbocycles. The average Bonchev–Trinajstić information content (AvgIpc) is 2.36. The number of hydrogen-bond donors (Lipinski definition) is 2. The second-order valence-corrected chi connectivity index (χ2v) is 3.30. The molecular formula is C8H18N2O. The number of hydrogen-bond acceptors (Lipinski definition) is 3. The van der Waals surface area contributed by atoms with Crippen LogP contribution in [-0.4, -0.2) is 48.8 Å². The molecule has 1 fully saturated rings. The van der Waals surface area contributed by atoms with Gasteiger partial charge < -0.3 is 10.4 Å². The Balaban J connectivity index is 2.33. The molecule has 1 rings (SSSR count). The molecule has 3 nitrogen and oxygen atoms in total. The standard InChI is InChI=1S/C8H18N2O/c1-7-8(3-4-9-7)10(2)5-6-11/h7-9,11H,3-6H2,1-2H3/t7-,8+/m0/s1. The van der Waals surface area contributed by atoms with Crippen molar-refractivity contribution >= 4 is 0 Å². The molecule has 0 spiro atoms. The predicted molar refractivity (Wildman–Crippen MR) is 45.6 cm³/mol. The zero-order valence-corrected chi connectivity index (χ0v) is 7.38. The molecule has 2 N–H and O–H groups in total. The van der Waals surface area contributed by atoms with E-state index in [0.717, 1.165) is 13.1 Å². The molecule has 1 aliphatic heterocycles. The largest absolute Gasteiger partial charge is 0.395 e. The zero-order chi connectivity index (χ0) is 8.27. The maximum Gasteiger partial charge on any atom is 0.0558 e. The van der Waals surface area contributed by atoms with E-state index in [4.69, 9.17) is 5.11 Å². The van der Waals surface area contributed by atoms with Gasteiger partial charge in [0.1, 0.15) is 0 Å². The highest BCUT2D eigenvalue weighted by atomic mass is 16.3. The lowest BCUT2D eigenvalue weighted by molar-refractivity contribution is 0.173. The molecule has 66 valence electrons. The third-order valence-corrected chi connectivity index (χ3v) is 2.50. The molecule has 3 heteroatoms. The monoisotopic (exact) mass is 158 g/mol. The van der Waals surface area contributed by atoms with Gasteiger partial charge in [0.15, 0.2) is 0 Å². The van der Waals surface area contributed by atoms with E-state index in [9.17, 15) is 0 Å². The second-order valence-electron chi connectivity index (χ2n) is 3.30. The van der Waals surface area contributed by atoms with Crippen LogP contribution in [0, 0.1) is 0 Å². The Morgan fingerprint density at radius 2 is 2.36 bits per heavy atom. The van der Waals surface area contributed by atoms with E-state index in [1.807, 2.05) is 0 Å². The van der Waals surface area contributed by atoms with Gasteiger partial charge in [-0.05, 0) is 26.9 Å². The minimum absolute atomic E-state index is 0.264. The first-order valence-electron chi connectivity index (χ1n) is 4.30. The van der Waals surface area contributed by atoms with Crippen LogP contribution in [-0.2, 0) is 0 Å². The Morgan fingerprint density at radius 3 is 2.82 bits per heavy atom. The fourth-order valence-electron chi connectivity index (χ4n) is 1.77. The molecule has 0 saturated carbocycles. The van der Waals surface area contributed by atoms with Gasteiger partial charge in [-0.15, -0.1) is 0 Å². The van der Waals surface area contributed by atoms with Crippen molar-refractivity contribution in [2.75, 3.05) is 26.7 Å². The Bertz CT molecular complexity index is 119. The molecule has 0 unspecified atom stereocenters. The van der Waals surface area contributed by atoms with Crippen LogP contribution in [0.5, 0.6) is 0 Å². The second kappa shape index (κ2) is 4.04. The van der Waals surface area contributed by atoms with Gasteiger partial charge >= 0.3 is 0 Å². The summed E-state index contributed by atoms with van der Waals surface area (Å²) in [4.78, 5) is 2.23. The van der Waals surface area contributed by atoms with Gasteiger partial charge in [0.2, 0.25) is 0 Å². The van der Waals surface area contributed by atoms with E-state index in [1.54, 1.807) is 0 Å². The van der Waals surface area contributed by atoms with Crippen LogP contribution in [0.4, 0.5) is 0 Å². The molecular weight excluding hydrogens is 140 g/mol. The number of aliphatic hydroxyl groups excluding tert-OH is 1. The van der Waals surface area contributed by atoms with Gasteiger partial charge in [-0.1, -0.05) is 0 Å². The highest BCUT2D eigenvalue weighted by Gasteiger charge is 2.25. The Hall–Kier alpha value is -0.120. The molecule has 1 saturated heterocycles. The van der Waals surface area contributed by atoms with E-state index >= 15 is 0 Å². The van der Waals surface area contributed by atoms with E-state index in [1.165, 1.54) is 6.42 Å². The van der Waals surface area contributed by atoms with E-state index in [2.05, 4.69) is 24.2 Å². The fourth-order valence-corrected chi connectivity index (χ4v) is 1.77. The Morgan fingerprint density at radius 1 is 1.64 bits per heavy atom. The predicted octanol–water partition coefficient (Wildman–Crippen LogP) is -0.339. The molecule has 1 heterocycles. The van der Waals surface area contributed by atoms with E-state index in [-0.39, 0.29) is 6.61 Å². The molecule has 0 aromatic heterocycles. The van der Waals surface area contributed by atoms with Crippen LogP contribution < -0.4 is 5.32 Å². The normalized spacial score (nSPS) is 31.6. The van der Waals surface area contributed by atoms with Gasteiger partial charge in [-0.2, -0.15) is 0 Å². The van der Waals surface area contributed by atoms with Crippen molar-refractivity contribution in [3.8, 4) is 0 Å². The summed E-state index contributed by atoms with van der Waals surface area (Å²) in [7, 11) is 2.07. The lowest BCUT2D eigenvalue weighted by atomic mass is 10.1. The summed E-state index contributed by atoms with van der Waals surface area (Å²) in [6.45, 7) is 4.36. The first kappa shape index (κ1) is 8.97. The van der Waals surface area contributed by atoms with Gasteiger partial charge in [0, 0.05) is 18.6 Å². The SMILES string of the molecule is C[C@@H]1NCC[C@H]1N(C)CCO. The summed E-state index contributed by atoms with van der Waals surface area (Å²) in [5.74, 6) is 0. The van der Waals surface area contributed by atoms with Gasteiger partial charge in [-0.25, -0.2) is 0 Å². The van der Waals surface area contributed by atoms with Crippen LogP contribution in [0.1, 0.15) is 13.3 Å². The number of likely N-dealkylation sites (N-methyl/N-ethyl adjacent to an activating group) is 1. The molecule has 11 heavy (non-hydrogen) atoms. The van der Waals surface area contributed by atoms with Gasteiger partial charge in [-0.3, -0.25) is 4.90 Å². The molecule has 1 aliphatic rings. The third-order valence-electron chi connectivity index (χ3n) is 2.50. The number of nitrogens with zero attached hydrogens (tertiary/aromatic N) is 1. The van der Waals surface area contributed by atoms with Crippen molar-refractivity contribution in [2.45, 2.75) is 25.4 Å². The zero-order valence-electron chi connectivity index (χ0n) is 7.38. The van der Waals surface area contributed by atoms with Gasteiger partial charge in [0.25, 0.3) is 0 Å². The first-order chi connectivity index (χ1) is 5.25. The summed E-state index contributed by atoms with van der Waals surface area (Å²) in [5.41, 5.74) is 0. The summed E-state index contributed by atoms with van der Waals surface area (Å²) >= 11 is 0. The molecule has 0 amide bonds. The first-order valence-corrected chi connectivity index (χ1v) is 4.30. The lowest BCUT2D eigenvalue weighted by Crippen LogP contribution is -2.41. The van der Waals surface area contributed by atoms with Crippen molar-refractivity contribution in [1.29, 1.82) is 0 Å². The third kappa shape index (κ3) is 2.15. The van der Waals surface area contributed by atoms with Crippen LogP contribution >= 0.6 is 0 Å². The molecule has 0 aromatic rings. The molecule has 0 radical (unpaired) electrons. The Labute approximate surface area is 68.4 Å². The van der Waals surface area contributed by atoms with Crippen molar-refractivity contribution in [1.82, 2.24) is 10.2 Å². The quantitative estimate of drug-likeness (QED) is 0.590. The summed E-state index contributed by atoms with van der Waals surface area (Å²) < 4.78 is 0. The van der Waals surface area contributed by atoms with Crippen LogP contribution in [0.15, 0.2) is 0 Å². The van der Waals surface area contributed by atoms with Crippen molar-refractivity contribution < 1.29 is 5.11 Å². The van der Waals surface area contributed by atoms with Crippen LogP contribution in [0.25, 0.3) is 0 Å². The highest BCUT2D eigenvalue weighted by Crippen LogP contribution is 2.11. The minimum atomic E-state index is 0.264. The maximum atomic E-state index is 8.72. The topological polar surface area (TPSA) is 35.5 Å². The van der Waals surface area contributed by atoms with E-state index < -0.39 is 0 Å². The number of nitrogens with one attached hydrogen (secondary N) is 1. The number of rotatable bonds is 3. The van der Waals surface area contributed by atoms with Crippen molar-refractivity contribution in [3.05, 3.63) is 0 Å². The minimum Gasteiger partial charge on any atom is -0.395 e. The van der Waals surface area contributed by atoms with Crippen LogP contribution in [0.2, 0.25) is 0 Å². The summed E-state index contributed by atoms with van der Waals surface area (Å²) in [5, 5.41) is 12.1. The van der Waals surface area contributed by atoms with E-state index in [0.29, 0.717) is 12.1 Å².